The molecule has 3 aromatic rings. The van der Waals surface area contributed by atoms with Gasteiger partial charge in [0, 0.05) is 29.3 Å². The number of carbonyl (C=O) groups is 1. The highest BCUT2D eigenvalue weighted by atomic mass is 16.6. The molecule has 0 saturated carbocycles. The molecule has 0 aliphatic heterocycles. The summed E-state index contributed by atoms with van der Waals surface area (Å²) in [5, 5.41) is 25.1. The summed E-state index contributed by atoms with van der Waals surface area (Å²) in [7, 11) is 0. The van der Waals surface area contributed by atoms with E-state index in [4.69, 9.17) is 0 Å². The summed E-state index contributed by atoms with van der Waals surface area (Å²) in [6, 6.07) is 10.6. The zero-order chi connectivity index (χ0) is 17.1. The number of aromatic hydroxyl groups is 1. The molecule has 1 amide bonds. The molecule has 3 N–H and O–H groups in total. The zero-order valence-electron chi connectivity index (χ0n) is 12.3. The molecular weight excluding hydrogens is 312 g/mol. The van der Waals surface area contributed by atoms with E-state index in [1.165, 1.54) is 12.1 Å². The van der Waals surface area contributed by atoms with Gasteiger partial charge in [-0.1, -0.05) is 12.1 Å². The second-order valence-electron chi connectivity index (χ2n) is 4.95. The lowest BCUT2D eigenvalue weighted by Crippen LogP contribution is -2.18. The number of fused-ring (bicyclic) bond motifs is 1. The Morgan fingerprint density at radius 2 is 2.12 bits per heavy atom. The number of hydrogen-bond donors (Lipinski definition) is 3. The molecule has 2 aromatic carbocycles. The number of hydrazone groups is 1. The van der Waals surface area contributed by atoms with Crippen LogP contribution in [0.25, 0.3) is 10.9 Å². The first-order chi connectivity index (χ1) is 11.6. The van der Waals surface area contributed by atoms with Gasteiger partial charge in [-0.3, -0.25) is 14.9 Å². The smallest absolute Gasteiger partial charge is 0.273 e. The zero-order valence-corrected chi connectivity index (χ0v) is 12.3. The number of amides is 1. The molecule has 0 aliphatic rings. The number of nitrogens with zero attached hydrogens (tertiary/aromatic N) is 2. The summed E-state index contributed by atoms with van der Waals surface area (Å²) < 4.78 is 0. The van der Waals surface area contributed by atoms with Crippen molar-refractivity contribution < 1.29 is 14.8 Å². The van der Waals surface area contributed by atoms with E-state index < -0.39 is 10.8 Å². The molecule has 120 valence electrons. The quantitative estimate of drug-likeness (QED) is 0.388. The van der Waals surface area contributed by atoms with Crippen LogP contribution in [0.15, 0.2) is 53.8 Å². The Bertz CT molecular complexity index is 962. The van der Waals surface area contributed by atoms with E-state index >= 15 is 0 Å². The minimum absolute atomic E-state index is 0.127. The third-order valence-corrected chi connectivity index (χ3v) is 3.42. The number of hydrogen-bond acceptors (Lipinski definition) is 5. The predicted octanol–water partition coefficient (Wildman–Crippen LogP) is 2.55. The molecule has 1 aromatic heterocycles. The van der Waals surface area contributed by atoms with Crippen LogP contribution in [-0.2, 0) is 0 Å². The van der Waals surface area contributed by atoms with Gasteiger partial charge in [0.05, 0.1) is 22.2 Å². The Morgan fingerprint density at radius 1 is 1.29 bits per heavy atom. The molecule has 0 bridgehead atoms. The Labute approximate surface area is 135 Å². The molecule has 1 heterocycles. The number of phenols is 1. The van der Waals surface area contributed by atoms with Crippen molar-refractivity contribution in [1.82, 2.24) is 10.4 Å². The molecule has 0 fully saturated rings. The fourth-order valence-electron chi connectivity index (χ4n) is 2.25. The van der Waals surface area contributed by atoms with Crippen molar-refractivity contribution in [2.75, 3.05) is 0 Å². The van der Waals surface area contributed by atoms with Crippen LogP contribution in [0.3, 0.4) is 0 Å². The highest BCUT2D eigenvalue weighted by Crippen LogP contribution is 2.21. The minimum atomic E-state index is -0.582. The molecule has 3 rings (SSSR count). The molecule has 0 atom stereocenters. The summed E-state index contributed by atoms with van der Waals surface area (Å²) in [5.41, 5.74) is 3.38. The largest absolute Gasteiger partial charge is 0.507 e. The molecule has 0 radical (unpaired) electrons. The maximum Gasteiger partial charge on any atom is 0.273 e. The summed E-state index contributed by atoms with van der Waals surface area (Å²) >= 11 is 0. The Morgan fingerprint density at radius 3 is 2.92 bits per heavy atom. The van der Waals surface area contributed by atoms with E-state index in [1.807, 2.05) is 12.1 Å². The number of aromatic nitrogens is 1. The SMILES string of the molecule is O=C(NN=Cc1cc([N+](=O)[O-])ccc1O)c1cccc2cc[nH]c12. The molecule has 0 spiro atoms. The van der Waals surface area contributed by atoms with Gasteiger partial charge in [0.15, 0.2) is 0 Å². The van der Waals surface area contributed by atoms with Crippen LogP contribution < -0.4 is 5.43 Å². The predicted molar refractivity (Wildman–Crippen MR) is 88.1 cm³/mol. The van der Waals surface area contributed by atoms with Crippen LogP contribution in [0.1, 0.15) is 15.9 Å². The van der Waals surface area contributed by atoms with Crippen LogP contribution in [-0.4, -0.2) is 27.1 Å². The van der Waals surface area contributed by atoms with Crippen LogP contribution in [0, 0.1) is 10.1 Å². The summed E-state index contributed by atoms with van der Waals surface area (Å²) in [6.07, 6.45) is 2.88. The Balaban J connectivity index is 1.79. The summed E-state index contributed by atoms with van der Waals surface area (Å²) in [4.78, 5) is 25.3. The molecular formula is C16H12N4O4. The topological polar surface area (TPSA) is 121 Å². The lowest BCUT2D eigenvalue weighted by Gasteiger charge is -2.02. The minimum Gasteiger partial charge on any atom is -0.507 e. The van der Waals surface area contributed by atoms with E-state index in [2.05, 4.69) is 15.5 Å². The van der Waals surface area contributed by atoms with Gasteiger partial charge in [-0.25, -0.2) is 5.43 Å². The van der Waals surface area contributed by atoms with Gasteiger partial charge in [0.25, 0.3) is 11.6 Å². The maximum atomic E-state index is 12.2. The Hall–Kier alpha value is -3.68. The second-order valence-corrected chi connectivity index (χ2v) is 4.95. The number of rotatable bonds is 4. The van der Waals surface area contributed by atoms with E-state index in [1.54, 1.807) is 18.3 Å². The molecule has 8 heteroatoms. The van der Waals surface area contributed by atoms with Crippen LogP contribution in [0.2, 0.25) is 0 Å². The van der Waals surface area contributed by atoms with Gasteiger partial charge in [-0.05, 0) is 18.2 Å². The van der Waals surface area contributed by atoms with Gasteiger partial charge in [-0.2, -0.15) is 5.10 Å². The van der Waals surface area contributed by atoms with Gasteiger partial charge in [0.1, 0.15) is 5.75 Å². The van der Waals surface area contributed by atoms with Crippen molar-refractivity contribution in [3.8, 4) is 5.75 Å². The number of nitro benzene ring substituents is 1. The third kappa shape index (κ3) is 2.93. The highest BCUT2D eigenvalue weighted by Gasteiger charge is 2.11. The number of nitrogens with one attached hydrogen (secondary N) is 2. The van der Waals surface area contributed by atoms with Crippen molar-refractivity contribution >= 4 is 28.7 Å². The standard InChI is InChI=1S/C16H12N4O4/c21-14-5-4-12(20(23)24)8-11(14)9-18-19-16(22)13-3-1-2-10-6-7-17-15(10)13/h1-9,17,21H,(H,19,22). The highest BCUT2D eigenvalue weighted by molar-refractivity contribution is 6.05. The fraction of sp³-hybridized carbons (Fsp3) is 0. The lowest BCUT2D eigenvalue weighted by molar-refractivity contribution is -0.384. The number of nitro groups is 1. The first-order valence-electron chi connectivity index (χ1n) is 6.93. The normalized spacial score (nSPS) is 11.0. The van der Waals surface area contributed by atoms with Gasteiger partial charge >= 0.3 is 0 Å². The van der Waals surface area contributed by atoms with E-state index in [0.29, 0.717) is 11.1 Å². The summed E-state index contributed by atoms with van der Waals surface area (Å²) in [5.74, 6) is -0.616. The molecule has 0 unspecified atom stereocenters. The van der Waals surface area contributed by atoms with Crippen molar-refractivity contribution in [3.63, 3.8) is 0 Å². The average Bonchev–Trinajstić information content (AvgIpc) is 3.04. The summed E-state index contributed by atoms with van der Waals surface area (Å²) in [6.45, 7) is 0. The maximum absolute atomic E-state index is 12.2. The van der Waals surface area contributed by atoms with E-state index in [9.17, 15) is 20.0 Å². The fourth-order valence-corrected chi connectivity index (χ4v) is 2.25. The number of phenolic OH excluding ortho intramolecular Hbond substituents is 1. The molecule has 0 aliphatic carbocycles. The second kappa shape index (κ2) is 6.21. The molecule has 0 saturated heterocycles. The van der Waals surface area contributed by atoms with Crippen molar-refractivity contribution in [2.45, 2.75) is 0 Å². The number of H-pyrrole nitrogens is 1. The lowest BCUT2D eigenvalue weighted by atomic mass is 10.1. The van der Waals surface area contributed by atoms with Gasteiger partial charge in [-0.15, -0.1) is 0 Å². The van der Waals surface area contributed by atoms with Crippen LogP contribution in [0.4, 0.5) is 5.69 Å². The van der Waals surface area contributed by atoms with Crippen LogP contribution in [0.5, 0.6) is 5.75 Å². The first-order valence-corrected chi connectivity index (χ1v) is 6.93. The van der Waals surface area contributed by atoms with Crippen molar-refractivity contribution in [2.24, 2.45) is 5.10 Å². The molecule has 8 nitrogen and oxygen atoms in total. The number of carbonyl (C=O) groups excluding carboxylic acids is 1. The van der Waals surface area contributed by atoms with Crippen LogP contribution >= 0.6 is 0 Å². The van der Waals surface area contributed by atoms with Crippen molar-refractivity contribution in [1.29, 1.82) is 0 Å². The van der Waals surface area contributed by atoms with Gasteiger partial charge in [0.2, 0.25) is 0 Å². The number of aromatic amines is 1. The molecule has 24 heavy (non-hydrogen) atoms. The van der Waals surface area contributed by atoms with E-state index in [0.717, 1.165) is 17.7 Å². The third-order valence-electron chi connectivity index (χ3n) is 3.42. The van der Waals surface area contributed by atoms with E-state index in [-0.39, 0.29) is 17.0 Å². The number of non-ortho nitro benzene ring substituents is 1. The Kier molecular flexibility index (Phi) is 3.94. The van der Waals surface area contributed by atoms with Gasteiger partial charge < -0.3 is 10.1 Å². The number of para-hydroxylation sites is 1. The average molecular weight is 324 g/mol. The number of benzene rings is 2. The monoisotopic (exact) mass is 324 g/mol. The van der Waals surface area contributed by atoms with Crippen molar-refractivity contribution in [3.05, 3.63) is 69.9 Å². The first kappa shape index (κ1) is 15.2.